The van der Waals surface area contributed by atoms with E-state index in [1.54, 1.807) is 0 Å². The molecule has 2 aliphatic rings. The molecule has 2 rings (SSSR count). The molecule has 2 saturated heterocycles. The number of carbonyl (C=O) groups excluding carboxylic acids is 1. The fraction of sp³-hybridized carbons (Fsp3) is 0.938. The first kappa shape index (κ1) is 18.4. The number of fused-ring (bicyclic) bond motifs is 1. The summed E-state index contributed by atoms with van der Waals surface area (Å²) in [7, 11) is 0. The number of carbonyl (C=O) groups is 1. The van der Waals surface area contributed by atoms with Crippen molar-refractivity contribution in [1.29, 1.82) is 0 Å². The molecule has 7 nitrogen and oxygen atoms in total. The Balaban J connectivity index is 2.09. The highest BCUT2D eigenvalue weighted by molar-refractivity contribution is 5.71. The van der Waals surface area contributed by atoms with Crippen molar-refractivity contribution in [1.82, 2.24) is 10.2 Å². The third-order valence-electron chi connectivity index (χ3n) is 4.46. The van der Waals surface area contributed by atoms with E-state index in [2.05, 4.69) is 39.9 Å². The van der Waals surface area contributed by atoms with Gasteiger partial charge in [-0.15, -0.1) is 0 Å². The summed E-state index contributed by atoms with van der Waals surface area (Å²) in [6.45, 7) is 11.3. The minimum Gasteiger partial charge on any atom is -0.447 e. The Kier molecular flexibility index (Phi) is 4.97. The van der Waals surface area contributed by atoms with Crippen LogP contribution in [-0.2, 0) is 4.74 Å². The third-order valence-corrected chi connectivity index (χ3v) is 4.46. The lowest BCUT2D eigenvalue weighted by molar-refractivity contribution is -0.149. The maximum atomic E-state index is 11.9. The molecule has 1 amide bonds. The standard InChI is InChI=1S/C16H30N2O5/c1-15(2,3)7-16(4,5)8-17-13-12(21)11(20)10(19)9-6-23-14(22)18(9)13/h9-13,17,19-21H,6-8H2,1-5H3/t9?,10-,11?,12-,13-/m1/s1. The molecule has 23 heavy (non-hydrogen) atoms. The maximum absolute atomic E-state index is 11.9. The Labute approximate surface area is 137 Å². The van der Waals surface area contributed by atoms with Gasteiger partial charge in [0.15, 0.2) is 0 Å². The van der Waals surface area contributed by atoms with Crippen molar-refractivity contribution in [2.24, 2.45) is 10.8 Å². The summed E-state index contributed by atoms with van der Waals surface area (Å²) in [5.41, 5.74) is 0.0965. The second-order valence-corrected chi connectivity index (χ2v) is 8.75. The van der Waals surface area contributed by atoms with Crippen molar-refractivity contribution in [3.05, 3.63) is 0 Å². The zero-order chi connectivity index (χ0) is 17.6. The average molecular weight is 330 g/mol. The second kappa shape index (κ2) is 6.20. The largest absolute Gasteiger partial charge is 0.447 e. The summed E-state index contributed by atoms with van der Waals surface area (Å²) in [6.07, 6.45) is -4.18. The lowest BCUT2D eigenvalue weighted by Crippen LogP contribution is -2.70. The van der Waals surface area contributed by atoms with Gasteiger partial charge in [0.1, 0.15) is 31.1 Å². The quantitative estimate of drug-likeness (QED) is 0.591. The molecule has 0 saturated carbocycles. The molecule has 134 valence electrons. The SMILES string of the molecule is CC(C)(C)CC(C)(C)CN[C@H]1[C@H](O)C(O)[C@H](O)C2COC(=O)N21. The third kappa shape index (κ3) is 3.96. The van der Waals surface area contributed by atoms with Gasteiger partial charge < -0.3 is 20.1 Å². The lowest BCUT2D eigenvalue weighted by Gasteiger charge is -2.45. The molecule has 0 aromatic carbocycles. The molecular formula is C16H30N2O5. The van der Waals surface area contributed by atoms with E-state index in [0.29, 0.717) is 6.54 Å². The Morgan fingerprint density at radius 1 is 1.13 bits per heavy atom. The zero-order valence-electron chi connectivity index (χ0n) is 14.6. The first-order valence-corrected chi connectivity index (χ1v) is 8.16. The van der Waals surface area contributed by atoms with Crippen molar-refractivity contribution in [2.45, 2.75) is 71.6 Å². The Hall–Kier alpha value is -0.890. The summed E-state index contributed by atoms with van der Waals surface area (Å²) >= 11 is 0. The minimum atomic E-state index is -1.31. The molecule has 5 atom stereocenters. The van der Waals surface area contributed by atoms with Crippen molar-refractivity contribution in [3.8, 4) is 0 Å². The van der Waals surface area contributed by atoms with E-state index in [-0.39, 0.29) is 17.4 Å². The molecule has 0 radical (unpaired) electrons. The van der Waals surface area contributed by atoms with E-state index >= 15 is 0 Å². The molecule has 0 aromatic rings. The van der Waals surface area contributed by atoms with Gasteiger partial charge in [-0.05, 0) is 17.3 Å². The number of cyclic esters (lactones) is 1. The number of aliphatic hydroxyl groups excluding tert-OH is 3. The topological polar surface area (TPSA) is 102 Å². The van der Waals surface area contributed by atoms with E-state index in [1.807, 2.05) is 0 Å². The summed E-state index contributed by atoms with van der Waals surface area (Å²) in [5.74, 6) is 0. The molecule has 2 heterocycles. The van der Waals surface area contributed by atoms with Crippen LogP contribution in [0.4, 0.5) is 4.79 Å². The summed E-state index contributed by atoms with van der Waals surface area (Å²) in [6, 6.07) is -0.635. The van der Waals surface area contributed by atoms with Gasteiger partial charge in [0.25, 0.3) is 0 Å². The molecule has 7 heteroatoms. The number of amides is 1. The molecule has 0 bridgehead atoms. The highest BCUT2D eigenvalue weighted by Crippen LogP contribution is 2.34. The van der Waals surface area contributed by atoms with Gasteiger partial charge in [-0.2, -0.15) is 0 Å². The van der Waals surface area contributed by atoms with E-state index in [0.717, 1.165) is 6.42 Å². The van der Waals surface area contributed by atoms with Crippen molar-refractivity contribution in [2.75, 3.05) is 13.2 Å². The predicted molar refractivity (Wildman–Crippen MR) is 84.6 cm³/mol. The molecule has 2 aliphatic heterocycles. The number of aliphatic hydroxyl groups is 3. The molecule has 0 aliphatic carbocycles. The lowest BCUT2D eigenvalue weighted by atomic mass is 9.76. The van der Waals surface area contributed by atoms with Crippen LogP contribution in [0.5, 0.6) is 0 Å². The average Bonchev–Trinajstić information content (AvgIpc) is 2.76. The Bertz CT molecular complexity index is 448. The van der Waals surface area contributed by atoms with Crippen LogP contribution in [0.3, 0.4) is 0 Å². The number of hydrogen-bond donors (Lipinski definition) is 4. The number of piperidine rings is 1. The fourth-order valence-corrected chi connectivity index (χ4v) is 3.91. The van der Waals surface area contributed by atoms with Gasteiger partial charge in [0, 0.05) is 6.54 Å². The van der Waals surface area contributed by atoms with Crippen molar-refractivity contribution >= 4 is 6.09 Å². The molecule has 2 fully saturated rings. The van der Waals surface area contributed by atoms with E-state index in [1.165, 1.54) is 4.90 Å². The van der Waals surface area contributed by atoms with Crippen LogP contribution in [0, 0.1) is 10.8 Å². The summed E-state index contributed by atoms with van der Waals surface area (Å²) in [5, 5.41) is 33.5. The Morgan fingerprint density at radius 2 is 1.74 bits per heavy atom. The summed E-state index contributed by atoms with van der Waals surface area (Å²) < 4.78 is 4.97. The van der Waals surface area contributed by atoms with Crippen LogP contribution < -0.4 is 5.32 Å². The highest BCUT2D eigenvalue weighted by Gasteiger charge is 2.53. The molecule has 2 unspecified atom stereocenters. The molecule has 0 spiro atoms. The van der Waals surface area contributed by atoms with Crippen LogP contribution in [0.1, 0.15) is 41.0 Å². The van der Waals surface area contributed by atoms with Gasteiger partial charge >= 0.3 is 6.09 Å². The first-order chi connectivity index (χ1) is 10.4. The van der Waals surface area contributed by atoms with Crippen LogP contribution in [-0.4, -0.2) is 70.0 Å². The van der Waals surface area contributed by atoms with E-state index in [4.69, 9.17) is 4.74 Å². The summed E-state index contributed by atoms with van der Waals surface area (Å²) in [4.78, 5) is 13.2. The minimum absolute atomic E-state index is 0.0212. The van der Waals surface area contributed by atoms with Crippen LogP contribution in [0.25, 0.3) is 0 Å². The molecule has 4 N–H and O–H groups in total. The smallest absolute Gasteiger partial charge is 0.411 e. The van der Waals surface area contributed by atoms with Gasteiger partial charge in [-0.3, -0.25) is 10.2 Å². The number of ether oxygens (including phenoxy) is 1. The zero-order valence-corrected chi connectivity index (χ0v) is 14.6. The first-order valence-electron chi connectivity index (χ1n) is 8.16. The van der Waals surface area contributed by atoms with E-state index in [9.17, 15) is 20.1 Å². The van der Waals surface area contributed by atoms with Gasteiger partial charge in [-0.1, -0.05) is 34.6 Å². The number of hydrogen-bond acceptors (Lipinski definition) is 6. The van der Waals surface area contributed by atoms with Crippen molar-refractivity contribution < 1.29 is 24.9 Å². The van der Waals surface area contributed by atoms with Crippen LogP contribution in [0.2, 0.25) is 0 Å². The van der Waals surface area contributed by atoms with Crippen LogP contribution >= 0.6 is 0 Å². The number of rotatable bonds is 4. The van der Waals surface area contributed by atoms with Gasteiger partial charge in [0.2, 0.25) is 0 Å². The van der Waals surface area contributed by atoms with Gasteiger partial charge in [-0.25, -0.2) is 4.79 Å². The van der Waals surface area contributed by atoms with Crippen molar-refractivity contribution in [3.63, 3.8) is 0 Å². The fourth-order valence-electron chi connectivity index (χ4n) is 3.91. The second-order valence-electron chi connectivity index (χ2n) is 8.75. The highest BCUT2D eigenvalue weighted by atomic mass is 16.6. The van der Waals surface area contributed by atoms with E-state index < -0.39 is 36.6 Å². The number of nitrogens with one attached hydrogen (secondary N) is 1. The number of nitrogens with zero attached hydrogens (tertiary/aromatic N) is 1. The maximum Gasteiger partial charge on any atom is 0.411 e. The predicted octanol–water partition coefficient (Wildman–Crippen LogP) is 0.282. The van der Waals surface area contributed by atoms with Gasteiger partial charge in [0.05, 0.1) is 6.04 Å². The molecule has 0 aromatic heterocycles. The Morgan fingerprint density at radius 3 is 2.30 bits per heavy atom. The van der Waals surface area contributed by atoms with Crippen LogP contribution in [0.15, 0.2) is 0 Å². The monoisotopic (exact) mass is 330 g/mol. The normalized spacial score (nSPS) is 35.2. The molecular weight excluding hydrogens is 300 g/mol.